The number of anilines is 1. The highest BCUT2D eigenvalue weighted by molar-refractivity contribution is 9.10. The lowest BCUT2D eigenvalue weighted by atomic mass is 10.1. The largest absolute Gasteiger partial charge is 0.478 e. The molecule has 0 saturated heterocycles. The van der Waals surface area contributed by atoms with E-state index in [1.165, 1.54) is 18.2 Å². The molecule has 21 heavy (non-hydrogen) atoms. The molecule has 7 heteroatoms. The predicted octanol–water partition coefficient (Wildman–Crippen LogP) is 3.26. The number of carbonyl (C=O) groups is 1. The Balaban J connectivity index is 2.47. The van der Waals surface area contributed by atoms with Gasteiger partial charge in [-0.25, -0.2) is 13.2 Å². The van der Waals surface area contributed by atoms with Crippen molar-refractivity contribution >= 4 is 37.6 Å². The number of benzene rings is 2. The number of nitrogens with one attached hydrogen (secondary N) is 1. The maximum atomic E-state index is 12.3. The van der Waals surface area contributed by atoms with Crippen LogP contribution in [0.2, 0.25) is 0 Å². The first-order valence-electron chi connectivity index (χ1n) is 5.92. The second kappa shape index (κ2) is 5.87. The van der Waals surface area contributed by atoms with Gasteiger partial charge in [0.2, 0.25) is 0 Å². The highest BCUT2D eigenvalue weighted by Crippen LogP contribution is 2.25. The fourth-order valence-corrected chi connectivity index (χ4v) is 3.87. The molecule has 0 bridgehead atoms. The Morgan fingerprint density at radius 2 is 1.86 bits per heavy atom. The molecule has 0 amide bonds. The van der Waals surface area contributed by atoms with Crippen LogP contribution in [-0.4, -0.2) is 19.5 Å². The van der Waals surface area contributed by atoms with Gasteiger partial charge in [-0.05, 0) is 47.1 Å². The molecule has 110 valence electrons. The summed E-state index contributed by atoms with van der Waals surface area (Å²) in [6, 6.07) is 10.8. The molecule has 0 fully saturated rings. The quantitative estimate of drug-likeness (QED) is 0.866. The van der Waals surface area contributed by atoms with Crippen LogP contribution in [-0.2, 0) is 10.0 Å². The van der Waals surface area contributed by atoms with Gasteiger partial charge in [-0.3, -0.25) is 4.72 Å². The monoisotopic (exact) mass is 369 g/mol. The van der Waals surface area contributed by atoms with Gasteiger partial charge < -0.3 is 5.11 Å². The number of carboxylic acids is 1. The number of aromatic carboxylic acids is 1. The van der Waals surface area contributed by atoms with Crippen LogP contribution in [0.1, 0.15) is 15.9 Å². The summed E-state index contributed by atoms with van der Waals surface area (Å²) < 4.78 is 27.4. The highest BCUT2D eigenvalue weighted by Gasteiger charge is 2.20. The van der Waals surface area contributed by atoms with Crippen molar-refractivity contribution in [2.75, 3.05) is 4.72 Å². The normalized spacial score (nSPS) is 11.1. The zero-order chi connectivity index (χ0) is 15.6. The highest BCUT2D eigenvalue weighted by atomic mass is 79.9. The molecule has 2 rings (SSSR count). The lowest BCUT2D eigenvalue weighted by Gasteiger charge is -2.12. The van der Waals surface area contributed by atoms with Gasteiger partial charge in [-0.15, -0.1) is 0 Å². The van der Waals surface area contributed by atoms with E-state index in [0.29, 0.717) is 4.47 Å². The zero-order valence-corrected chi connectivity index (χ0v) is 13.4. The summed E-state index contributed by atoms with van der Waals surface area (Å²) in [5.41, 5.74) is 0.672. The third kappa shape index (κ3) is 3.43. The van der Waals surface area contributed by atoms with Gasteiger partial charge in [-0.1, -0.05) is 23.8 Å². The summed E-state index contributed by atoms with van der Waals surface area (Å²) >= 11 is 3.17. The van der Waals surface area contributed by atoms with Crippen molar-refractivity contribution in [3.05, 3.63) is 58.1 Å². The van der Waals surface area contributed by atoms with E-state index in [0.717, 1.165) is 5.56 Å². The Morgan fingerprint density at radius 1 is 1.19 bits per heavy atom. The van der Waals surface area contributed by atoms with Crippen molar-refractivity contribution in [3.63, 3.8) is 0 Å². The summed E-state index contributed by atoms with van der Waals surface area (Å²) in [5.74, 6) is -1.19. The Labute approximate surface area is 130 Å². The van der Waals surface area contributed by atoms with E-state index in [1.54, 1.807) is 31.2 Å². The molecule has 0 aliphatic rings. The molecule has 0 spiro atoms. The Bertz CT molecular complexity index is 802. The molecule has 0 unspecified atom stereocenters. The van der Waals surface area contributed by atoms with Crippen molar-refractivity contribution < 1.29 is 18.3 Å². The number of sulfonamides is 1. The average molecular weight is 370 g/mol. The smallest absolute Gasteiger partial charge is 0.337 e. The summed E-state index contributed by atoms with van der Waals surface area (Å²) in [6.07, 6.45) is 0. The van der Waals surface area contributed by atoms with E-state index in [-0.39, 0.29) is 16.1 Å². The molecule has 0 aliphatic heterocycles. The van der Waals surface area contributed by atoms with Crippen LogP contribution in [0.15, 0.2) is 51.8 Å². The summed E-state index contributed by atoms with van der Waals surface area (Å²) in [5, 5.41) is 9.17. The zero-order valence-electron chi connectivity index (χ0n) is 11.0. The number of aryl methyl sites for hydroxylation is 1. The summed E-state index contributed by atoms with van der Waals surface area (Å²) in [4.78, 5) is 11.3. The Hall–Kier alpha value is -1.86. The molecule has 2 aromatic carbocycles. The maximum Gasteiger partial charge on any atom is 0.337 e. The average Bonchev–Trinajstić information content (AvgIpc) is 2.40. The van der Waals surface area contributed by atoms with E-state index >= 15 is 0 Å². The first-order valence-corrected chi connectivity index (χ1v) is 8.20. The second-order valence-electron chi connectivity index (χ2n) is 4.39. The molecule has 0 aliphatic carbocycles. The van der Waals surface area contributed by atoms with Crippen molar-refractivity contribution in [2.24, 2.45) is 0 Å². The van der Waals surface area contributed by atoms with Crippen molar-refractivity contribution in [1.29, 1.82) is 0 Å². The first-order chi connectivity index (χ1) is 9.81. The number of rotatable bonds is 4. The number of carboxylic acid groups (broad SMARTS) is 1. The van der Waals surface area contributed by atoms with E-state index in [4.69, 9.17) is 5.11 Å². The molecule has 0 heterocycles. The first kappa shape index (κ1) is 15.5. The van der Waals surface area contributed by atoms with E-state index in [9.17, 15) is 13.2 Å². The van der Waals surface area contributed by atoms with Crippen molar-refractivity contribution in [3.8, 4) is 0 Å². The standard InChI is InChI=1S/C14H12BrNO4S/c1-9-6-7-12(10(8-9)14(17)18)16-21(19,20)13-5-3-2-4-11(13)15/h2-8,16H,1H3,(H,17,18). The summed E-state index contributed by atoms with van der Waals surface area (Å²) in [7, 11) is -3.87. The van der Waals surface area contributed by atoms with Crippen LogP contribution < -0.4 is 4.72 Å². The van der Waals surface area contributed by atoms with Crippen LogP contribution in [0, 0.1) is 6.92 Å². The minimum atomic E-state index is -3.87. The van der Waals surface area contributed by atoms with Crippen LogP contribution in [0.3, 0.4) is 0 Å². The fraction of sp³-hybridized carbons (Fsp3) is 0.0714. The topological polar surface area (TPSA) is 83.5 Å². The molecule has 0 saturated carbocycles. The van der Waals surface area contributed by atoms with Crippen molar-refractivity contribution in [1.82, 2.24) is 0 Å². The molecule has 0 aromatic heterocycles. The minimum Gasteiger partial charge on any atom is -0.478 e. The molecule has 2 aromatic rings. The van der Waals surface area contributed by atoms with Gasteiger partial charge in [0.1, 0.15) is 4.90 Å². The second-order valence-corrected chi connectivity index (χ2v) is 6.90. The van der Waals surface area contributed by atoms with Crippen LogP contribution in [0.25, 0.3) is 0 Å². The fourth-order valence-electron chi connectivity index (χ4n) is 1.79. The molecular formula is C14H12BrNO4S. The van der Waals surface area contributed by atoms with E-state index in [1.807, 2.05) is 0 Å². The lowest BCUT2D eigenvalue weighted by Crippen LogP contribution is -2.16. The molecule has 0 atom stereocenters. The SMILES string of the molecule is Cc1ccc(NS(=O)(=O)c2ccccc2Br)c(C(=O)O)c1. The third-order valence-electron chi connectivity index (χ3n) is 2.78. The minimum absolute atomic E-state index is 0.0313. The molecule has 2 N–H and O–H groups in total. The number of halogens is 1. The van der Waals surface area contributed by atoms with Crippen LogP contribution in [0.4, 0.5) is 5.69 Å². The lowest BCUT2D eigenvalue weighted by molar-refractivity contribution is 0.0698. The van der Waals surface area contributed by atoms with Crippen LogP contribution >= 0.6 is 15.9 Å². The Kier molecular flexibility index (Phi) is 4.34. The van der Waals surface area contributed by atoms with Gasteiger partial charge in [0.25, 0.3) is 10.0 Å². The van der Waals surface area contributed by atoms with Crippen molar-refractivity contribution in [2.45, 2.75) is 11.8 Å². The molecule has 5 nitrogen and oxygen atoms in total. The maximum absolute atomic E-state index is 12.3. The van der Waals surface area contributed by atoms with Gasteiger partial charge in [0.05, 0.1) is 11.3 Å². The van der Waals surface area contributed by atoms with Gasteiger partial charge >= 0.3 is 5.97 Å². The van der Waals surface area contributed by atoms with E-state index in [2.05, 4.69) is 20.7 Å². The van der Waals surface area contributed by atoms with Crippen LogP contribution in [0.5, 0.6) is 0 Å². The molecule has 0 radical (unpaired) electrons. The summed E-state index contributed by atoms with van der Waals surface area (Å²) in [6.45, 7) is 1.73. The van der Waals surface area contributed by atoms with Gasteiger partial charge in [-0.2, -0.15) is 0 Å². The molecular weight excluding hydrogens is 358 g/mol. The van der Waals surface area contributed by atoms with Gasteiger partial charge in [0.15, 0.2) is 0 Å². The number of hydrogen-bond acceptors (Lipinski definition) is 3. The Morgan fingerprint density at radius 3 is 2.48 bits per heavy atom. The number of hydrogen-bond donors (Lipinski definition) is 2. The third-order valence-corrected chi connectivity index (χ3v) is 5.15. The predicted molar refractivity (Wildman–Crippen MR) is 83.1 cm³/mol. The van der Waals surface area contributed by atoms with Gasteiger partial charge in [0, 0.05) is 4.47 Å². The van der Waals surface area contributed by atoms with E-state index < -0.39 is 16.0 Å².